The van der Waals surface area contributed by atoms with E-state index < -0.39 is 18.0 Å². The quantitative estimate of drug-likeness (QED) is 0.672. The molecular weight excluding hydrogens is 314 g/mol. The molecule has 1 amide bonds. The SMILES string of the molecule is O=C(Nc1nn(C(=O)O)c2sc(C(=O)O)cc12)c1ccco1. The average Bonchev–Trinajstić information content (AvgIpc) is 3.15. The van der Waals surface area contributed by atoms with Crippen LogP contribution < -0.4 is 5.32 Å². The molecule has 0 atom stereocenters. The van der Waals surface area contributed by atoms with E-state index in [4.69, 9.17) is 14.6 Å². The number of aromatic carboxylic acids is 1. The second-order valence-corrected chi connectivity index (χ2v) is 5.14. The Morgan fingerprint density at radius 2 is 2.09 bits per heavy atom. The Labute approximate surface area is 125 Å². The predicted molar refractivity (Wildman–Crippen MR) is 74.7 cm³/mol. The third kappa shape index (κ3) is 2.20. The molecule has 10 heteroatoms. The molecular formula is C12H7N3O6S. The fraction of sp³-hybridized carbons (Fsp3) is 0. The van der Waals surface area contributed by atoms with E-state index in [1.165, 1.54) is 24.5 Å². The molecule has 9 nitrogen and oxygen atoms in total. The maximum absolute atomic E-state index is 11.9. The highest BCUT2D eigenvalue weighted by atomic mass is 32.1. The molecule has 22 heavy (non-hydrogen) atoms. The van der Waals surface area contributed by atoms with Crippen LogP contribution in [0.4, 0.5) is 10.6 Å². The van der Waals surface area contributed by atoms with E-state index in [1.807, 2.05) is 0 Å². The molecule has 3 aromatic rings. The van der Waals surface area contributed by atoms with E-state index in [2.05, 4.69) is 10.4 Å². The maximum Gasteiger partial charge on any atom is 0.433 e. The highest BCUT2D eigenvalue weighted by Crippen LogP contribution is 2.31. The van der Waals surface area contributed by atoms with E-state index in [-0.39, 0.29) is 26.7 Å². The smallest absolute Gasteiger partial charge is 0.433 e. The van der Waals surface area contributed by atoms with Gasteiger partial charge in [0, 0.05) is 0 Å². The molecule has 3 N–H and O–H groups in total. The number of nitrogens with zero attached hydrogens (tertiary/aromatic N) is 2. The van der Waals surface area contributed by atoms with Crippen LogP contribution in [0.5, 0.6) is 0 Å². The highest BCUT2D eigenvalue weighted by Gasteiger charge is 2.22. The zero-order chi connectivity index (χ0) is 15.9. The normalized spacial score (nSPS) is 10.7. The standard InChI is InChI=1S/C12H7N3O6S/c16-9(6-2-1-3-21-6)13-8-5-4-7(11(17)18)22-10(5)15(14-8)12(19)20/h1-4H,(H,17,18)(H,19,20)(H,13,14,16). The Morgan fingerprint density at radius 1 is 1.32 bits per heavy atom. The maximum atomic E-state index is 11.9. The Balaban J connectivity index is 2.07. The first-order chi connectivity index (χ1) is 10.5. The van der Waals surface area contributed by atoms with Gasteiger partial charge in [-0.2, -0.15) is 4.68 Å². The first-order valence-electron chi connectivity index (χ1n) is 5.81. The molecule has 0 saturated carbocycles. The van der Waals surface area contributed by atoms with Crippen molar-refractivity contribution in [2.75, 3.05) is 5.32 Å². The van der Waals surface area contributed by atoms with E-state index >= 15 is 0 Å². The van der Waals surface area contributed by atoms with Crippen molar-refractivity contribution >= 4 is 45.3 Å². The Kier molecular flexibility index (Phi) is 3.14. The molecule has 3 rings (SSSR count). The lowest BCUT2D eigenvalue weighted by Crippen LogP contribution is -2.13. The predicted octanol–water partition coefficient (Wildman–Crippen LogP) is 2.17. The number of nitrogens with one attached hydrogen (secondary N) is 1. The van der Waals surface area contributed by atoms with Gasteiger partial charge in [0.25, 0.3) is 5.91 Å². The Hall–Kier alpha value is -3.14. The molecule has 0 aromatic carbocycles. The molecule has 0 saturated heterocycles. The number of amides is 1. The number of furan rings is 1. The van der Waals surface area contributed by atoms with Crippen LogP contribution in [0.25, 0.3) is 10.2 Å². The molecule has 112 valence electrons. The Morgan fingerprint density at radius 3 is 2.68 bits per heavy atom. The van der Waals surface area contributed by atoms with Crippen LogP contribution in [0, 0.1) is 0 Å². The summed E-state index contributed by atoms with van der Waals surface area (Å²) in [6.45, 7) is 0. The van der Waals surface area contributed by atoms with Gasteiger partial charge in [0.05, 0.1) is 11.6 Å². The molecule has 0 aliphatic heterocycles. The van der Waals surface area contributed by atoms with Crippen LogP contribution in [0.1, 0.15) is 20.2 Å². The zero-order valence-electron chi connectivity index (χ0n) is 10.6. The van der Waals surface area contributed by atoms with Crippen LogP contribution in [0.15, 0.2) is 28.9 Å². The fourth-order valence-electron chi connectivity index (χ4n) is 1.81. The minimum absolute atomic E-state index is 0.0201. The van der Waals surface area contributed by atoms with Crippen LogP contribution in [-0.2, 0) is 0 Å². The first-order valence-corrected chi connectivity index (χ1v) is 6.63. The van der Waals surface area contributed by atoms with E-state index in [9.17, 15) is 14.4 Å². The lowest BCUT2D eigenvalue weighted by Gasteiger charge is -1.98. The molecule has 0 radical (unpaired) electrons. The minimum Gasteiger partial charge on any atom is -0.477 e. The van der Waals surface area contributed by atoms with Crippen molar-refractivity contribution in [2.24, 2.45) is 0 Å². The minimum atomic E-state index is -1.39. The summed E-state index contributed by atoms with van der Waals surface area (Å²) in [4.78, 5) is 34.1. The van der Waals surface area contributed by atoms with Crippen molar-refractivity contribution in [1.82, 2.24) is 9.78 Å². The second kappa shape index (κ2) is 5.00. The number of carbonyl (C=O) groups excluding carboxylic acids is 1. The number of carboxylic acid groups (broad SMARTS) is 2. The number of anilines is 1. The summed E-state index contributed by atoms with van der Waals surface area (Å²) in [5.41, 5.74) is 0. The van der Waals surface area contributed by atoms with E-state index in [1.54, 1.807) is 0 Å². The number of carbonyl (C=O) groups is 3. The molecule has 3 heterocycles. The zero-order valence-corrected chi connectivity index (χ0v) is 11.5. The van der Waals surface area contributed by atoms with Crippen molar-refractivity contribution in [1.29, 1.82) is 0 Å². The average molecular weight is 321 g/mol. The van der Waals surface area contributed by atoms with Gasteiger partial charge < -0.3 is 19.9 Å². The molecule has 0 bridgehead atoms. The number of hydrogen-bond donors (Lipinski definition) is 3. The second-order valence-electron chi connectivity index (χ2n) is 4.11. The van der Waals surface area contributed by atoms with Crippen LogP contribution in [0.3, 0.4) is 0 Å². The summed E-state index contributed by atoms with van der Waals surface area (Å²) in [6.07, 6.45) is -0.0738. The van der Waals surface area contributed by atoms with Crippen LogP contribution >= 0.6 is 11.3 Å². The summed E-state index contributed by atoms with van der Waals surface area (Å²) in [7, 11) is 0. The van der Waals surface area contributed by atoms with E-state index in [0.29, 0.717) is 4.68 Å². The lowest BCUT2D eigenvalue weighted by molar-refractivity contribution is 0.0702. The molecule has 0 spiro atoms. The van der Waals surface area contributed by atoms with Crippen molar-refractivity contribution in [3.8, 4) is 0 Å². The number of carboxylic acids is 1. The monoisotopic (exact) mass is 321 g/mol. The molecule has 0 aliphatic rings. The van der Waals surface area contributed by atoms with Gasteiger partial charge in [-0.05, 0) is 18.2 Å². The number of fused-ring (bicyclic) bond motifs is 1. The summed E-state index contributed by atoms with van der Waals surface area (Å²) >= 11 is 0.751. The van der Waals surface area contributed by atoms with Crippen LogP contribution in [-0.4, -0.2) is 38.0 Å². The number of hydrogen-bond acceptors (Lipinski definition) is 6. The summed E-state index contributed by atoms with van der Waals surface area (Å²) in [5.74, 6) is -1.85. The van der Waals surface area contributed by atoms with Gasteiger partial charge >= 0.3 is 12.1 Å². The third-order valence-electron chi connectivity index (χ3n) is 2.73. The fourth-order valence-corrected chi connectivity index (χ4v) is 2.76. The van der Waals surface area contributed by atoms with Crippen molar-refractivity contribution in [3.05, 3.63) is 35.1 Å². The van der Waals surface area contributed by atoms with Gasteiger partial charge in [-0.15, -0.1) is 16.4 Å². The Bertz CT molecular complexity index is 892. The topological polar surface area (TPSA) is 135 Å². The summed E-state index contributed by atoms with van der Waals surface area (Å²) in [6, 6.07) is 4.21. The number of aromatic nitrogens is 2. The molecule has 0 unspecified atom stereocenters. The molecule has 0 fully saturated rings. The largest absolute Gasteiger partial charge is 0.477 e. The van der Waals surface area contributed by atoms with Gasteiger partial charge in [0.1, 0.15) is 9.71 Å². The lowest BCUT2D eigenvalue weighted by atomic mass is 10.3. The molecule has 0 aliphatic carbocycles. The highest BCUT2D eigenvalue weighted by molar-refractivity contribution is 7.20. The van der Waals surface area contributed by atoms with Crippen molar-refractivity contribution in [3.63, 3.8) is 0 Å². The van der Waals surface area contributed by atoms with Crippen molar-refractivity contribution in [2.45, 2.75) is 0 Å². The number of rotatable bonds is 3. The summed E-state index contributed by atoms with van der Waals surface area (Å²) in [5, 5.41) is 24.5. The van der Waals surface area contributed by atoms with Crippen molar-refractivity contribution < 1.29 is 29.0 Å². The first kappa shape index (κ1) is 13.8. The van der Waals surface area contributed by atoms with Gasteiger partial charge in [-0.3, -0.25) is 4.79 Å². The van der Waals surface area contributed by atoms with Crippen LogP contribution in [0.2, 0.25) is 0 Å². The van der Waals surface area contributed by atoms with Gasteiger partial charge in [-0.25, -0.2) is 9.59 Å². The van der Waals surface area contributed by atoms with Gasteiger partial charge in [-0.1, -0.05) is 0 Å². The molecule has 3 aromatic heterocycles. The number of thiophene rings is 1. The third-order valence-corrected chi connectivity index (χ3v) is 3.83. The van der Waals surface area contributed by atoms with E-state index in [0.717, 1.165) is 11.3 Å². The van der Waals surface area contributed by atoms with Gasteiger partial charge in [0.15, 0.2) is 11.6 Å². The van der Waals surface area contributed by atoms with Gasteiger partial charge in [0.2, 0.25) is 0 Å². The summed E-state index contributed by atoms with van der Waals surface area (Å²) < 4.78 is 5.54.